The molecule has 0 bridgehead atoms. The highest BCUT2D eigenvalue weighted by atomic mass is 32.1. The highest BCUT2D eigenvalue weighted by Crippen LogP contribution is 2.41. The van der Waals surface area contributed by atoms with Crippen LogP contribution in [0.5, 0.6) is 0 Å². The quantitative estimate of drug-likeness (QED) is 0.783. The van der Waals surface area contributed by atoms with Crippen molar-refractivity contribution in [3.8, 4) is 0 Å². The van der Waals surface area contributed by atoms with Crippen molar-refractivity contribution in [3.63, 3.8) is 0 Å². The first-order valence-corrected chi connectivity index (χ1v) is 10.5. The van der Waals surface area contributed by atoms with E-state index in [2.05, 4.69) is 21.1 Å². The van der Waals surface area contributed by atoms with Crippen LogP contribution >= 0.6 is 11.3 Å². The third-order valence-electron chi connectivity index (χ3n) is 5.08. The van der Waals surface area contributed by atoms with Gasteiger partial charge in [-0.25, -0.2) is 4.98 Å². The summed E-state index contributed by atoms with van der Waals surface area (Å²) in [4.78, 5) is 17.1. The smallest absolute Gasteiger partial charge is 0.254 e. The summed E-state index contributed by atoms with van der Waals surface area (Å²) in [6.45, 7) is 6.63. The topological polar surface area (TPSA) is 71.8 Å². The van der Waals surface area contributed by atoms with Crippen LogP contribution in [-0.4, -0.2) is 33.3 Å². The van der Waals surface area contributed by atoms with E-state index in [1.54, 1.807) is 17.5 Å². The molecule has 2 aliphatic rings. The molecule has 3 heterocycles. The zero-order valence-electron chi connectivity index (χ0n) is 15.5. The number of thiazole rings is 1. The fourth-order valence-electron chi connectivity index (χ4n) is 3.53. The number of rotatable bonds is 7. The second-order valence-electron chi connectivity index (χ2n) is 7.80. The number of hydrogen-bond donors (Lipinski definition) is 2. The summed E-state index contributed by atoms with van der Waals surface area (Å²) in [6.07, 6.45) is 6.33. The molecule has 0 aromatic carbocycles. The van der Waals surface area contributed by atoms with Crippen LogP contribution in [0.3, 0.4) is 0 Å². The van der Waals surface area contributed by atoms with E-state index in [0.717, 1.165) is 55.3 Å². The SMILES string of the molecule is CC(C)NC(=O)c1cnn2c1C[C@@H](CNCc1csc(C3CC3)n1)CC2. The fraction of sp³-hybridized carbons (Fsp3) is 0.632. The van der Waals surface area contributed by atoms with Crippen molar-refractivity contribution in [2.75, 3.05) is 6.54 Å². The summed E-state index contributed by atoms with van der Waals surface area (Å²) in [5, 5.41) is 14.4. The van der Waals surface area contributed by atoms with Gasteiger partial charge in [0.2, 0.25) is 0 Å². The van der Waals surface area contributed by atoms with E-state index >= 15 is 0 Å². The fourth-order valence-corrected chi connectivity index (χ4v) is 4.52. The van der Waals surface area contributed by atoms with Crippen LogP contribution in [0.1, 0.15) is 65.8 Å². The van der Waals surface area contributed by atoms with Crippen molar-refractivity contribution in [2.45, 2.75) is 64.6 Å². The summed E-state index contributed by atoms with van der Waals surface area (Å²) in [5.41, 5.74) is 2.97. The first-order chi connectivity index (χ1) is 12.6. The Hall–Kier alpha value is -1.73. The van der Waals surface area contributed by atoms with Gasteiger partial charge in [0.15, 0.2) is 0 Å². The zero-order chi connectivity index (χ0) is 18.1. The van der Waals surface area contributed by atoms with E-state index in [4.69, 9.17) is 4.98 Å². The molecule has 1 amide bonds. The van der Waals surface area contributed by atoms with E-state index in [1.165, 1.54) is 17.8 Å². The van der Waals surface area contributed by atoms with Crippen LogP contribution in [0.15, 0.2) is 11.6 Å². The lowest BCUT2D eigenvalue weighted by molar-refractivity contribution is 0.0941. The van der Waals surface area contributed by atoms with Crippen molar-refractivity contribution in [2.24, 2.45) is 5.92 Å². The van der Waals surface area contributed by atoms with Gasteiger partial charge in [0, 0.05) is 30.4 Å². The Labute approximate surface area is 158 Å². The second-order valence-corrected chi connectivity index (χ2v) is 8.69. The second kappa shape index (κ2) is 7.48. The predicted octanol–water partition coefficient (Wildman–Crippen LogP) is 2.71. The normalized spacial score (nSPS) is 19.6. The van der Waals surface area contributed by atoms with Gasteiger partial charge in [-0.3, -0.25) is 9.48 Å². The van der Waals surface area contributed by atoms with Gasteiger partial charge in [0.25, 0.3) is 5.91 Å². The molecule has 6 nitrogen and oxygen atoms in total. The van der Waals surface area contributed by atoms with Crippen LogP contribution in [0.25, 0.3) is 0 Å². The highest BCUT2D eigenvalue weighted by molar-refractivity contribution is 7.09. The Morgan fingerprint density at radius 2 is 2.23 bits per heavy atom. The van der Waals surface area contributed by atoms with Gasteiger partial charge >= 0.3 is 0 Å². The number of amides is 1. The Balaban J connectivity index is 1.31. The Morgan fingerprint density at radius 1 is 1.38 bits per heavy atom. The molecule has 140 valence electrons. The molecule has 7 heteroatoms. The molecule has 26 heavy (non-hydrogen) atoms. The van der Waals surface area contributed by atoms with Gasteiger partial charge in [0.05, 0.1) is 28.2 Å². The molecule has 1 atom stereocenters. The average molecular weight is 374 g/mol. The van der Waals surface area contributed by atoms with Gasteiger partial charge in [-0.1, -0.05) is 0 Å². The Bertz CT molecular complexity index is 777. The van der Waals surface area contributed by atoms with Gasteiger partial charge in [-0.05, 0) is 52.0 Å². The molecular weight excluding hydrogens is 346 g/mol. The summed E-state index contributed by atoms with van der Waals surface area (Å²) in [7, 11) is 0. The summed E-state index contributed by atoms with van der Waals surface area (Å²) < 4.78 is 1.99. The third-order valence-corrected chi connectivity index (χ3v) is 6.14. The van der Waals surface area contributed by atoms with Crippen LogP contribution in [-0.2, 0) is 19.5 Å². The molecule has 2 aromatic heterocycles. The van der Waals surface area contributed by atoms with Crippen molar-refractivity contribution >= 4 is 17.2 Å². The van der Waals surface area contributed by atoms with Gasteiger partial charge < -0.3 is 10.6 Å². The number of aromatic nitrogens is 3. The largest absolute Gasteiger partial charge is 0.350 e. The molecule has 0 unspecified atom stereocenters. The van der Waals surface area contributed by atoms with Crippen LogP contribution in [0.2, 0.25) is 0 Å². The van der Waals surface area contributed by atoms with Crippen molar-refractivity contribution in [3.05, 3.63) is 33.5 Å². The first kappa shape index (κ1) is 17.7. The standard InChI is InChI=1S/C19H27N5OS/c1-12(2)22-18(25)16-10-21-24-6-5-13(7-17(16)24)8-20-9-15-11-26-19(23-15)14-3-4-14/h10-14,20H,3-9H2,1-2H3,(H,22,25)/t13-/m0/s1. The third kappa shape index (κ3) is 3.99. The first-order valence-electron chi connectivity index (χ1n) is 9.60. The minimum atomic E-state index is -0.00932. The van der Waals surface area contributed by atoms with Crippen LogP contribution in [0, 0.1) is 5.92 Å². The lowest BCUT2D eigenvalue weighted by Gasteiger charge is -2.24. The number of nitrogens with one attached hydrogen (secondary N) is 2. The summed E-state index contributed by atoms with van der Waals surface area (Å²) in [5.74, 6) is 1.26. The molecule has 2 N–H and O–H groups in total. The molecule has 0 radical (unpaired) electrons. The average Bonchev–Trinajstić information content (AvgIpc) is 3.20. The Morgan fingerprint density at radius 3 is 3.00 bits per heavy atom. The molecule has 2 aromatic rings. The van der Waals surface area contributed by atoms with Crippen molar-refractivity contribution in [1.82, 2.24) is 25.4 Å². The molecule has 1 saturated carbocycles. The van der Waals surface area contributed by atoms with E-state index in [9.17, 15) is 4.79 Å². The lowest BCUT2D eigenvalue weighted by Crippen LogP contribution is -2.33. The maximum absolute atomic E-state index is 12.4. The van der Waals surface area contributed by atoms with E-state index < -0.39 is 0 Å². The Kier molecular flexibility index (Phi) is 5.09. The van der Waals surface area contributed by atoms with Gasteiger partial charge in [-0.15, -0.1) is 11.3 Å². The number of carbonyl (C=O) groups is 1. The maximum atomic E-state index is 12.4. The molecule has 0 saturated heterocycles. The molecule has 0 spiro atoms. The van der Waals surface area contributed by atoms with Crippen molar-refractivity contribution in [1.29, 1.82) is 0 Å². The minimum Gasteiger partial charge on any atom is -0.350 e. The lowest BCUT2D eigenvalue weighted by atomic mass is 9.94. The van der Waals surface area contributed by atoms with Crippen LogP contribution < -0.4 is 10.6 Å². The van der Waals surface area contributed by atoms with E-state index in [-0.39, 0.29) is 11.9 Å². The van der Waals surface area contributed by atoms with Crippen LogP contribution in [0.4, 0.5) is 0 Å². The summed E-state index contributed by atoms with van der Waals surface area (Å²) >= 11 is 1.80. The van der Waals surface area contributed by atoms with E-state index in [1.807, 2.05) is 18.5 Å². The van der Waals surface area contributed by atoms with E-state index in [0.29, 0.717) is 5.92 Å². The highest BCUT2D eigenvalue weighted by Gasteiger charge is 2.27. The zero-order valence-corrected chi connectivity index (χ0v) is 16.3. The molecule has 1 fully saturated rings. The molecule has 1 aliphatic heterocycles. The molecule has 4 rings (SSSR count). The van der Waals surface area contributed by atoms with Gasteiger partial charge in [-0.2, -0.15) is 5.10 Å². The number of fused-ring (bicyclic) bond motifs is 1. The molecule has 1 aliphatic carbocycles. The number of carbonyl (C=O) groups excluding carboxylic acids is 1. The number of aryl methyl sites for hydroxylation is 1. The van der Waals surface area contributed by atoms with Crippen molar-refractivity contribution < 1.29 is 4.79 Å². The minimum absolute atomic E-state index is 0.00932. The van der Waals surface area contributed by atoms with Gasteiger partial charge in [0.1, 0.15) is 0 Å². The number of nitrogens with zero attached hydrogens (tertiary/aromatic N) is 3. The monoisotopic (exact) mass is 373 g/mol. The maximum Gasteiger partial charge on any atom is 0.254 e. The molecular formula is C19H27N5OS. The number of hydrogen-bond acceptors (Lipinski definition) is 5. The summed E-state index contributed by atoms with van der Waals surface area (Å²) in [6, 6.07) is 0.137. The predicted molar refractivity (Wildman–Crippen MR) is 102 cm³/mol.